The molecule has 0 heterocycles. The van der Waals surface area contributed by atoms with Crippen LogP contribution in [0.4, 0.5) is 0 Å². The Hall–Kier alpha value is -0.630. The summed E-state index contributed by atoms with van der Waals surface area (Å²) in [6.07, 6.45) is 7.38. The molecule has 2 nitrogen and oxygen atoms in total. The molecule has 1 spiro atoms. The SMILES string of the molecule is C=C1C(=O)[C@@]23CC[C@@H]4C(C)(C)CCC[C@@]4(C)[C@@H]2CC[C@@H]1[C@@H]3O. The monoisotopic (exact) mass is 302 g/mol. The van der Waals surface area contributed by atoms with Gasteiger partial charge >= 0.3 is 0 Å². The molecule has 122 valence electrons. The van der Waals surface area contributed by atoms with E-state index in [9.17, 15) is 9.90 Å². The fraction of sp³-hybridized carbons (Fsp3) is 0.850. The molecule has 1 N–H and O–H groups in total. The first-order chi connectivity index (χ1) is 10.2. The molecule has 0 saturated heterocycles. The lowest BCUT2D eigenvalue weighted by Crippen LogP contribution is -2.61. The van der Waals surface area contributed by atoms with E-state index < -0.39 is 11.5 Å². The van der Waals surface area contributed by atoms with E-state index in [4.69, 9.17) is 0 Å². The lowest BCUT2D eigenvalue weighted by molar-refractivity contribution is -0.186. The van der Waals surface area contributed by atoms with Crippen LogP contribution in [-0.4, -0.2) is 17.0 Å². The fourth-order valence-electron chi connectivity index (χ4n) is 7.49. The summed E-state index contributed by atoms with van der Waals surface area (Å²) in [6, 6.07) is 0. The molecular weight excluding hydrogens is 272 g/mol. The molecule has 4 fully saturated rings. The van der Waals surface area contributed by atoms with E-state index in [1.807, 2.05) is 0 Å². The van der Waals surface area contributed by atoms with Gasteiger partial charge in [-0.15, -0.1) is 0 Å². The summed E-state index contributed by atoms with van der Waals surface area (Å²) in [5.74, 6) is 1.31. The highest BCUT2D eigenvalue weighted by atomic mass is 16.3. The zero-order chi connectivity index (χ0) is 15.9. The van der Waals surface area contributed by atoms with Gasteiger partial charge in [0.1, 0.15) is 0 Å². The third-order valence-corrected chi connectivity index (χ3v) is 8.38. The summed E-state index contributed by atoms with van der Waals surface area (Å²) in [4.78, 5) is 13.1. The van der Waals surface area contributed by atoms with Gasteiger partial charge in [-0.3, -0.25) is 4.79 Å². The van der Waals surface area contributed by atoms with Gasteiger partial charge in [0.05, 0.1) is 11.5 Å². The first-order valence-electron chi connectivity index (χ1n) is 9.17. The van der Waals surface area contributed by atoms with Gasteiger partial charge in [-0.1, -0.05) is 33.8 Å². The van der Waals surface area contributed by atoms with Crippen molar-refractivity contribution in [1.82, 2.24) is 0 Å². The predicted octanol–water partition coefficient (Wildman–Crippen LogP) is 4.13. The normalized spacial score (nSPS) is 53.1. The van der Waals surface area contributed by atoms with E-state index in [2.05, 4.69) is 27.4 Å². The van der Waals surface area contributed by atoms with Gasteiger partial charge < -0.3 is 5.11 Å². The molecule has 0 aromatic carbocycles. The average Bonchev–Trinajstić information content (AvgIpc) is 2.56. The van der Waals surface area contributed by atoms with Crippen molar-refractivity contribution in [3.63, 3.8) is 0 Å². The third-order valence-electron chi connectivity index (χ3n) is 8.38. The summed E-state index contributed by atoms with van der Waals surface area (Å²) in [6.45, 7) is 11.3. The van der Waals surface area contributed by atoms with Crippen molar-refractivity contribution in [2.45, 2.75) is 71.8 Å². The maximum Gasteiger partial charge on any atom is 0.167 e. The number of carbonyl (C=O) groups excluding carboxylic acids is 1. The van der Waals surface area contributed by atoms with Crippen LogP contribution in [0.5, 0.6) is 0 Å². The molecule has 0 aromatic heterocycles. The largest absolute Gasteiger partial charge is 0.391 e. The molecule has 0 aromatic rings. The standard InChI is InChI=1S/C20H30O2/c1-12-13-6-7-15-19(4)10-5-9-18(2,3)14(19)8-11-20(15,16(12)21)17(13)22/h13-15,17,22H,1,5-11H2,2-4H3/t13-,14+,15-,17-,19+,20+/m0/s1. The van der Waals surface area contributed by atoms with Crippen molar-refractivity contribution in [1.29, 1.82) is 0 Å². The Morgan fingerprint density at radius 3 is 2.50 bits per heavy atom. The molecule has 22 heavy (non-hydrogen) atoms. The Morgan fingerprint density at radius 1 is 1.05 bits per heavy atom. The maximum atomic E-state index is 13.1. The summed E-state index contributed by atoms with van der Waals surface area (Å²) in [5, 5.41) is 11.0. The summed E-state index contributed by atoms with van der Waals surface area (Å²) in [5.41, 5.74) is 0.826. The molecule has 4 rings (SSSR count). The van der Waals surface area contributed by atoms with Crippen LogP contribution in [-0.2, 0) is 4.79 Å². The van der Waals surface area contributed by atoms with Crippen molar-refractivity contribution in [3.8, 4) is 0 Å². The molecular formula is C20H30O2. The van der Waals surface area contributed by atoms with Crippen molar-refractivity contribution < 1.29 is 9.90 Å². The molecule has 0 radical (unpaired) electrons. The van der Waals surface area contributed by atoms with Gasteiger partial charge in [-0.25, -0.2) is 0 Å². The highest BCUT2D eigenvalue weighted by molar-refractivity contribution is 6.04. The van der Waals surface area contributed by atoms with Crippen molar-refractivity contribution in [3.05, 3.63) is 12.2 Å². The van der Waals surface area contributed by atoms with E-state index in [0.29, 0.717) is 17.3 Å². The van der Waals surface area contributed by atoms with Gasteiger partial charge in [-0.05, 0) is 66.8 Å². The molecule has 4 aliphatic carbocycles. The zero-order valence-corrected chi connectivity index (χ0v) is 14.3. The average molecular weight is 302 g/mol. The van der Waals surface area contributed by atoms with Crippen LogP contribution in [0.1, 0.15) is 65.7 Å². The number of aliphatic hydroxyl groups is 1. The molecule has 0 amide bonds. The maximum absolute atomic E-state index is 13.1. The van der Waals surface area contributed by atoms with Crippen LogP contribution >= 0.6 is 0 Å². The minimum Gasteiger partial charge on any atom is -0.391 e. The van der Waals surface area contributed by atoms with E-state index >= 15 is 0 Å². The summed E-state index contributed by atoms with van der Waals surface area (Å²) >= 11 is 0. The topological polar surface area (TPSA) is 37.3 Å². The van der Waals surface area contributed by atoms with Crippen LogP contribution in [0, 0.1) is 34.0 Å². The quantitative estimate of drug-likeness (QED) is 0.683. The Balaban J connectivity index is 1.83. The molecule has 4 saturated carbocycles. The number of carbonyl (C=O) groups is 1. The minimum absolute atomic E-state index is 0.0421. The number of Topliss-reactive ketones (excluding diaryl/α,β-unsaturated/α-hetero) is 1. The molecule has 0 aliphatic heterocycles. The van der Waals surface area contributed by atoms with Crippen LogP contribution in [0.3, 0.4) is 0 Å². The molecule has 2 bridgehead atoms. The van der Waals surface area contributed by atoms with Gasteiger partial charge in [0.2, 0.25) is 0 Å². The minimum atomic E-state index is -0.487. The number of aliphatic hydroxyl groups excluding tert-OH is 1. The second-order valence-electron chi connectivity index (χ2n) is 9.52. The van der Waals surface area contributed by atoms with Crippen molar-refractivity contribution >= 4 is 5.78 Å². The highest BCUT2D eigenvalue weighted by Crippen LogP contribution is 2.70. The highest BCUT2D eigenvalue weighted by Gasteiger charge is 2.70. The number of hydrogen-bond donors (Lipinski definition) is 1. The van der Waals surface area contributed by atoms with E-state index in [1.54, 1.807) is 0 Å². The predicted molar refractivity (Wildman–Crippen MR) is 87.3 cm³/mol. The molecule has 2 heteroatoms. The van der Waals surface area contributed by atoms with Crippen molar-refractivity contribution in [2.24, 2.45) is 34.0 Å². The molecule has 0 unspecified atom stereocenters. The Labute approximate surface area is 134 Å². The van der Waals surface area contributed by atoms with Gasteiger partial charge in [0, 0.05) is 5.92 Å². The van der Waals surface area contributed by atoms with Crippen LogP contribution < -0.4 is 0 Å². The number of hydrogen-bond acceptors (Lipinski definition) is 2. The van der Waals surface area contributed by atoms with E-state index in [0.717, 1.165) is 31.3 Å². The lowest BCUT2D eigenvalue weighted by Gasteiger charge is -2.63. The smallest absolute Gasteiger partial charge is 0.167 e. The van der Waals surface area contributed by atoms with Crippen LogP contribution in [0.2, 0.25) is 0 Å². The van der Waals surface area contributed by atoms with Gasteiger partial charge in [0.15, 0.2) is 5.78 Å². The van der Waals surface area contributed by atoms with Crippen molar-refractivity contribution in [2.75, 3.05) is 0 Å². The van der Waals surface area contributed by atoms with E-state index in [1.165, 1.54) is 19.3 Å². The van der Waals surface area contributed by atoms with Gasteiger partial charge in [0.25, 0.3) is 0 Å². The number of rotatable bonds is 0. The Morgan fingerprint density at radius 2 is 1.77 bits per heavy atom. The second kappa shape index (κ2) is 4.26. The Kier molecular flexibility index (Phi) is 2.89. The van der Waals surface area contributed by atoms with Gasteiger partial charge in [-0.2, -0.15) is 0 Å². The van der Waals surface area contributed by atoms with Crippen LogP contribution in [0.15, 0.2) is 12.2 Å². The fourth-order valence-corrected chi connectivity index (χ4v) is 7.49. The first kappa shape index (κ1) is 14.9. The number of ketones is 1. The molecule has 6 atom stereocenters. The lowest BCUT2D eigenvalue weighted by atomic mass is 9.40. The number of fused-ring (bicyclic) bond motifs is 3. The zero-order valence-electron chi connectivity index (χ0n) is 14.3. The first-order valence-corrected chi connectivity index (χ1v) is 9.17. The van der Waals surface area contributed by atoms with E-state index in [-0.39, 0.29) is 17.1 Å². The molecule has 4 aliphatic rings. The van der Waals surface area contributed by atoms with Crippen LogP contribution in [0.25, 0.3) is 0 Å². The second-order valence-corrected chi connectivity index (χ2v) is 9.52. The summed E-state index contributed by atoms with van der Waals surface area (Å²) < 4.78 is 0. The third kappa shape index (κ3) is 1.48. The Bertz CT molecular complexity index is 548. The summed E-state index contributed by atoms with van der Waals surface area (Å²) in [7, 11) is 0.